The fourth-order valence-electron chi connectivity index (χ4n) is 3.10. The highest BCUT2D eigenvalue weighted by Crippen LogP contribution is 2.36. The second kappa shape index (κ2) is 6.77. The number of rotatable bonds is 6. The summed E-state index contributed by atoms with van der Waals surface area (Å²) in [5.41, 5.74) is 1.84. The van der Waals surface area contributed by atoms with Crippen molar-refractivity contribution in [3.05, 3.63) is 23.7 Å². The molecule has 1 aliphatic rings. The molecule has 1 saturated carbocycles. The number of furan rings is 1. The second-order valence-electron chi connectivity index (χ2n) is 6.96. The summed E-state index contributed by atoms with van der Waals surface area (Å²) in [6.45, 7) is 9.76. The fourth-order valence-corrected chi connectivity index (χ4v) is 3.10. The summed E-state index contributed by atoms with van der Waals surface area (Å²) in [4.78, 5) is 2.48. The highest BCUT2D eigenvalue weighted by Gasteiger charge is 2.29. The van der Waals surface area contributed by atoms with E-state index >= 15 is 0 Å². The normalized spacial score (nSPS) is 19.6. The number of hydrogen-bond donors (Lipinski definition) is 1. The summed E-state index contributed by atoms with van der Waals surface area (Å²) in [6.07, 6.45) is 7.12. The topological polar surface area (TPSA) is 28.4 Å². The highest BCUT2D eigenvalue weighted by atomic mass is 16.3. The molecule has 3 nitrogen and oxygen atoms in total. The Morgan fingerprint density at radius 2 is 2.05 bits per heavy atom. The van der Waals surface area contributed by atoms with Gasteiger partial charge in [0, 0.05) is 18.2 Å². The summed E-state index contributed by atoms with van der Waals surface area (Å²) in [7, 11) is 2.24. The maximum Gasteiger partial charge on any atom is 0.122 e. The van der Waals surface area contributed by atoms with Crippen molar-refractivity contribution in [2.45, 2.75) is 65.6 Å². The number of hydrogen-bond acceptors (Lipinski definition) is 3. The van der Waals surface area contributed by atoms with Gasteiger partial charge in [-0.15, -0.1) is 0 Å². The standard InChI is InChI=1S/C17H30N2O/c1-5-18-12-14-8-11-20-16(14)13-19(4)15-6-9-17(2,3)10-7-15/h8,11,15,18H,5-7,9-10,12-13H2,1-4H3. The van der Waals surface area contributed by atoms with E-state index in [2.05, 4.69) is 44.1 Å². The highest BCUT2D eigenvalue weighted by molar-refractivity contribution is 5.16. The Morgan fingerprint density at radius 1 is 1.35 bits per heavy atom. The maximum atomic E-state index is 5.68. The van der Waals surface area contributed by atoms with E-state index in [0.717, 1.165) is 25.4 Å². The predicted octanol–water partition coefficient (Wildman–Crippen LogP) is 3.79. The van der Waals surface area contributed by atoms with Crippen LogP contribution in [0, 0.1) is 5.41 Å². The summed E-state index contributed by atoms with van der Waals surface area (Å²) < 4.78 is 5.68. The van der Waals surface area contributed by atoms with Crippen molar-refractivity contribution in [1.29, 1.82) is 0 Å². The minimum absolute atomic E-state index is 0.540. The van der Waals surface area contributed by atoms with Gasteiger partial charge in [-0.05, 0) is 50.8 Å². The third-order valence-corrected chi connectivity index (χ3v) is 4.73. The molecule has 1 aliphatic carbocycles. The summed E-state index contributed by atoms with van der Waals surface area (Å²) in [5.74, 6) is 1.12. The van der Waals surface area contributed by atoms with Gasteiger partial charge in [-0.25, -0.2) is 0 Å². The Morgan fingerprint density at radius 3 is 2.70 bits per heavy atom. The Bertz CT molecular complexity index is 401. The molecular weight excluding hydrogens is 248 g/mol. The van der Waals surface area contributed by atoms with Crippen LogP contribution in [0.2, 0.25) is 0 Å². The lowest BCUT2D eigenvalue weighted by Crippen LogP contribution is -2.36. The number of nitrogens with zero attached hydrogens (tertiary/aromatic N) is 1. The quantitative estimate of drug-likeness (QED) is 0.858. The third-order valence-electron chi connectivity index (χ3n) is 4.73. The molecule has 114 valence electrons. The van der Waals surface area contributed by atoms with Gasteiger partial charge in [0.1, 0.15) is 5.76 Å². The molecule has 0 radical (unpaired) electrons. The first-order valence-corrected chi connectivity index (χ1v) is 7.98. The van der Waals surface area contributed by atoms with Gasteiger partial charge in [0.15, 0.2) is 0 Å². The first kappa shape index (κ1) is 15.6. The van der Waals surface area contributed by atoms with E-state index in [-0.39, 0.29) is 0 Å². The predicted molar refractivity (Wildman–Crippen MR) is 83.6 cm³/mol. The van der Waals surface area contributed by atoms with Gasteiger partial charge in [0.25, 0.3) is 0 Å². The Balaban J connectivity index is 1.88. The average molecular weight is 278 g/mol. The van der Waals surface area contributed by atoms with Gasteiger partial charge in [0.05, 0.1) is 12.8 Å². The Kier molecular flexibility index (Phi) is 5.28. The molecular formula is C17H30N2O. The average Bonchev–Trinajstić information content (AvgIpc) is 2.83. The lowest BCUT2D eigenvalue weighted by Gasteiger charge is -2.38. The van der Waals surface area contributed by atoms with Crippen LogP contribution in [0.15, 0.2) is 16.7 Å². The van der Waals surface area contributed by atoms with Gasteiger partial charge in [0.2, 0.25) is 0 Å². The second-order valence-corrected chi connectivity index (χ2v) is 6.96. The lowest BCUT2D eigenvalue weighted by molar-refractivity contribution is 0.117. The molecule has 0 aromatic carbocycles. The molecule has 1 heterocycles. The monoisotopic (exact) mass is 278 g/mol. The molecule has 0 aliphatic heterocycles. The van der Waals surface area contributed by atoms with E-state index in [9.17, 15) is 0 Å². The van der Waals surface area contributed by atoms with Crippen molar-refractivity contribution in [2.75, 3.05) is 13.6 Å². The molecule has 20 heavy (non-hydrogen) atoms. The van der Waals surface area contributed by atoms with Gasteiger partial charge in [-0.3, -0.25) is 4.90 Å². The molecule has 1 aromatic heterocycles. The van der Waals surface area contributed by atoms with Crippen molar-refractivity contribution in [1.82, 2.24) is 10.2 Å². The van der Waals surface area contributed by atoms with Crippen molar-refractivity contribution >= 4 is 0 Å². The molecule has 0 spiro atoms. The molecule has 1 fully saturated rings. The zero-order valence-corrected chi connectivity index (χ0v) is 13.5. The molecule has 1 N–H and O–H groups in total. The molecule has 0 atom stereocenters. The molecule has 3 heteroatoms. The van der Waals surface area contributed by atoms with Crippen molar-refractivity contribution in [2.24, 2.45) is 5.41 Å². The molecule has 1 aromatic rings. The van der Waals surface area contributed by atoms with Crippen LogP contribution >= 0.6 is 0 Å². The van der Waals surface area contributed by atoms with Crippen LogP contribution in [0.5, 0.6) is 0 Å². The van der Waals surface area contributed by atoms with Crippen LogP contribution < -0.4 is 5.32 Å². The molecule has 0 bridgehead atoms. The zero-order valence-electron chi connectivity index (χ0n) is 13.5. The van der Waals surface area contributed by atoms with Crippen LogP contribution in [-0.2, 0) is 13.1 Å². The largest absolute Gasteiger partial charge is 0.468 e. The van der Waals surface area contributed by atoms with Crippen LogP contribution in [0.1, 0.15) is 57.8 Å². The Hall–Kier alpha value is -0.800. The van der Waals surface area contributed by atoms with Crippen LogP contribution in [0.25, 0.3) is 0 Å². The van der Waals surface area contributed by atoms with Gasteiger partial charge >= 0.3 is 0 Å². The van der Waals surface area contributed by atoms with Crippen molar-refractivity contribution in [3.63, 3.8) is 0 Å². The van der Waals surface area contributed by atoms with Crippen molar-refractivity contribution < 1.29 is 4.42 Å². The first-order chi connectivity index (χ1) is 9.52. The minimum Gasteiger partial charge on any atom is -0.468 e. The van der Waals surface area contributed by atoms with Crippen LogP contribution in [0.3, 0.4) is 0 Å². The minimum atomic E-state index is 0.540. The van der Waals surface area contributed by atoms with Crippen molar-refractivity contribution in [3.8, 4) is 0 Å². The van der Waals surface area contributed by atoms with E-state index in [1.165, 1.54) is 31.2 Å². The molecule has 2 rings (SSSR count). The molecule has 0 saturated heterocycles. The van der Waals surface area contributed by atoms with E-state index in [1.807, 2.05) is 6.26 Å². The summed E-state index contributed by atoms with van der Waals surface area (Å²) in [5, 5.41) is 3.38. The fraction of sp³-hybridized carbons (Fsp3) is 0.765. The van der Waals surface area contributed by atoms with E-state index in [0.29, 0.717) is 11.5 Å². The first-order valence-electron chi connectivity index (χ1n) is 7.98. The van der Waals surface area contributed by atoms with Gasteiger partial charge in [-0.1, -0.05) is 20.8 Å². The van der Waals surface area contributed by atoms with Crippen LogP contribution in [-0.4, -0.2) is 24.5 Å². The third kappa shape index (κ3) is 4.10. The number of nitrogens with one attached hydrogen (secondary N) is 1. The van der Waals surface area contributed by atoms with E-state index in [4.69, 9.17) is 4.42 Å². The maximum absolute atomic E-state index is 5.68. The van der Waals surface area contributed by atoms with E-state index < -0.39 is 0 Å². The molecule has 0 amide bonds. The lowest BCUT2D eigenvalue weighted by atomic mass is 9.75. The summed E-state index contributed by atoms with van der Waals surface area (Å²) >= 11 is 0. The smallest absolute Gasteiger partial charge is 0.122 e. The van der Waals surface area contributed by atoms with Crippen LogP contribution in [0.4, 0.5) is 0 Å². The summed E-state index contributed by atoms with van der Waals surface area (Å²) in [6, 6.07) is 2.80. The van der Waals surface area contributed by atoms with Gasteiger partial charge in [-0.2, -0.15) is 0 Å². The van der Waals surface area contributed by atoms with E-state index in [1.54, 1.807) is 0 Å². The molecule has 0 unspecified atom stereocenters. The Labute approximate surface area is 123 Å². The zero-order chi connectivity index (χ0) is 14.6. The SMILES string of the molecule is CCNCc1ccoc1CN(C)C1CCC(C)(C)CC1. The van der Waals surface area contributed by atoms with Gasteiger partial charge < -0.3 is 9.73 Å².